The van der Waals surface area contributed by atoms with Gasteiger partial charge in [0.05, 0.1) is 10.8 Å². The lowest BCUT2D eigenvalue weighted by Crippen LogP contribution is -2.40. The summed E-state index contributed by atoms with van der Waals surface area (Å²) in [5, 5.41) is 9.87. The Hall–Kier alpha value is -5.91. The Kier molecular flexibility index (Phi) is 24.3. The van der Waals surface area contributed by atoms with Crippen molar-refractivity contribution in [3.63, 3.8) is 0 Å². The van der Waals surface area contributed by atoms with Gasteiger partial charge in [0.25, 0.3) is 11.8 Å². The maximum Gasteiger partial charge on any atom is 0.352 e. The molecular formula is C54H71Cl3N4O12. The van der Waals surface area contributed by atoms with Gasteiger partial charge in [-0.15, -0.1) is 12.4 Å². The molecule has 0 spiro atoms. The Morgan fingerprint density at radius 3 is 1.29 bits per heavy atom. The number of hydrogen-bond acceptors (Lipinski definition) is 14. The molecule has 19 heteroatoms. The van der Waals surface area contributed by atoms with E-state index in [0.717, 1.165) is 24.0 Å². The summed E-state index contributed by atoms with van der Waals surface area (Å²) in [7, 11) is 3.03. The molecule has 0 unspecified atom stereocenters. The predicted molar refractivity (Wildman–Crippen MR) is 283 cm³/mol. The summed E-state index contributed by atoms with van der Waals surface area (Å²) in [6.45, 7) is 9.36. The largest absolute Gasteiger partial charge is 0.476 e. The van der Waals surface area contributed by atoms with Crippen molar-refractivity contribution in [1.29, 1.82) is 0 Å². The zero-order valence-electron chi connectivity index (χ0n) is 44.6. The number of benzene rings is 4. The average molecular weight is 1080 g/mol. The first-order valence-electron chi connectivity index (χ1n) is 24.9. The van der Waals surface area contributed by atoms with E-state index in [0.29, 0.717) is 84.9 Å². The van der Waals surface area contributed by atoms with Gasteiger partial charge in [0.1, 0.15) is 11.5 Å². The van der Waals surface area contributed by atoms with Crippen molar-refractivity contribution in [1.82, 2.24) is 16.0 Å². The Balaban J connectivity index is 0.000000467. The van der Waals surface area contributed by atoms with Crippen molar-refractivity contribution in [3.8, 4) is 11.5 Å². The summed E-state index contributed by atoms with van der Waals surface area (Å²) >= 11 is 11.7. The Morgan fingerprint density at radius 1 is 0.630 bits per heavy atom. The maximum absolute atomic E-state index is 12.5. The van der Waals surface area contributed by atoms with Crippen LogP contribution in [0.1, 0.15) is 109 Å². The summed E-state index contributed by atoms with van der Waals surface area (Å²) in [4.78, 5) is 73.3. The molecule has 400 valence electrons. The first-order valence-corrected chi connectivity index (χ1v) is 23.9. The second-order valence-corrected chi connectivity index (χ2v) is 18.7. The van der Waals surface area contributed by atoms with E-state index in [1.165, 1.54) is 7.40 Å². The minimum atomic E-state index is -1.29. The standard InChI is InChI=1S/C26H31ClN2O6.C25H29ClN2O6.C2H6.CH4.ClH/c1-25(2,23(31)33-17-34-24(32)26(13-14-26)16-28-3)35-21-10-4-18(5-11-21)12-15-29-22(30)19-6-8-20(27)9-7-19;1-24(2,22(30)32-16-33-23(31)25(15-27)12-13-25)34-20-9-3-17(4-10-20)11-14-28-21(29)18-5-7-19(26)8-6-18;1-2;;/h4-11,28H,12-17H2,1-3H3,(H,29,30);3-10H,11-16,27H2,1-2H3,(H,28,29);1-2H3;1H4;1H/i;;1D;1T;. The highest BCUT2D eigenvalue weighted by molar-refractivity contribution is 6.31. The van der Waals surface area contributed by atoms with E-state index in [2.05, 4.69) is 16.0 Å². The number of carbonyl (C=O) groups excluding carboxylic acids is 6. The van der Waals surface area contributed by atoms with Gasteiger partial charge in [0.15, 0.2) is 11.2 Å². The van der Waals surface area contributed by atoms with Crippen LogP contribution in [0.15, 0.2) is 97.1 Å². The zero-order valence-corrected chi connectivity index (χ0v) is 44.9. The van der Waals surface area contributed by atoms with Gasteiger partial charge in [0.2, 0.25) is 13.6 Å². The van der Waals surface area contributed by atoms with E-state index in [1.54, 1.807) is 114 Å². The molecule has 0 saturated heterocycles. The van der Waals surface area contributed by atoms with Crippen molar-refractivity contribution < 1.29 is 59.9 Å². The van der Waals surface area contributed by atoms with Crippen molar-refractivity contribution in [2.75, 3.05) is 46.8 Å². The lowest BCUT2D eigenvalue weighted by atomic mass is 10.1. The smallest absolute Gasteiger partial charge is 0.352 e. The minimum absolute atomic E-state index is 0. The Labute approximate surface area is 448 Å². The molecule has 0 heterocycles. The van der Waals surface area contributed by atoms with Gasteiger partial charge in [-0.1, -0.05) is 68.7 Å². The molecule has 0 atom stereocenters. The number of nitrogens with one attached hydrogen (secondary N) is 3. The Bertz CT molecular complexity index is 2420. The van der Waals surface area contributed by atoms with Crippen LogP contribution < -0.4 is 31.2 Å². The summed E-state index contributed by atoms with van der Waals surface area (Å²) in [5.41, 5.74) is 5.00. The van der Waals surface area contributed by atoms with Crippen LogP contribution in [0.2, 0.25) is 10.0 Å². The molecule has 2 amide bonds. The quantitative estimate of drug-likeness (QED) is 0.0403. The van der Waals surface area contributed by atoms with Crippen LogP contribution in [0.25, 0.3) is 0 Å². The number of nitrogens with two attached hydrogens (primary N) is 1. The highest BCUT2D eigenvalue weighted by Gasteiger charge is 2.51. The van der Waals surface area contributed by atoms with Crippen molar-refractivity contribution in [2.24, 2.45) is 16.6 Å². The molecule has 0 bridgehead atoms. The van der Waals surface area contributed by atoms with E-state index in [1.807, 2.05) is 24.3 Å². The fourth-order valence-corrected chi connectivity index (χ4v) is 6.93. The number of amides is 2. The highest BCUT2D eigenvalue weighted by atomic mass is 35.5. The van der Waals surface area contributed by atoms with Gasteiger partial charge < -0.3 is 50.1 Å². The molecule has 2 aliphatic rings. The van der Waals surface area contributed by atoms with E-state index in [-0.39, 0.29) is 36.7 Å². The second-order valence-electron chi connectivity index (χ2n) is 17.8. The molecule has 0 aromatic heterocycles. The topological polar surface area (TPSA) is 220 Å². The maximum atomic E-state index is 12.5. The van der Waals surface area contributed by atoms with Crippen LogP contribution in [0.5, 0.6) is 11.5 Å². The number of rotatable bonds is 23. The monoisotopic (exact) mass is 1080 g/mol. The molecule has 16 nitrogen and oxygen atoms in total. The van der Waals surface area contributed by atoms with Crippen LogP contribution in [0.3, 0.4) is 0 Å². The molecule has 4 aromatic rings. The molecule has 6 rings (SSSR count). The first-order chi connectivity index (χ1) is 35.2. The molecule has 2 fully saturated rings. The molecule has 2 saturated carbocycles. The van der Waals surface area contributed by atoms with Gasteiger partial charge in [0, 0.05) is 50.1 Å². The van der Waals surface area contributed by atoms with Crippen LogP contribution in [0, 0.1) is 10.8 Å². The van der Waals surface area contributed by atoms with Crippen molar-refractivity contribution in [2.45, 2.75) is 98.6 Å². The summed E-state index contributed by atoms with van der Waals surface area (Å²) < 4.78 is 43.9. The fourth-order valence-electron chi connectivity index (χ4n) is 6.68. The highest BCUT2D eigenvalue weighted by Crippen LogP contribution is 2.46. The number of hydrogen-bond donors (Lipinski definition) is 4. The molecule has 5 N–H and O–H groups in total. The van der Waals surface area contributed by atoms with Crippen molar-refractivity contribution in [3.05, 3.63) is 129 Å². The Morgan fingerprint density at radius 2 is 0.973 bits per heavy atom. The van der Waals surface area contributed by atoms with E-state index >= 15 is 0 Å². The lowest BCUT2D eigenvalue weighted by molar-refractivity contribution is -0.181. The molecular weight excluding hydrogens is 1000 g/mol. The molecule has 2 aliphatic carbocycles. The first kappa shape index (κ1) is 59.7. The van der Waals surface area contributed by atoms with Gasteiger partial charge in [-0.05, 0) is 157 Å². The van der Waals surface area contributed by atoms with Crippen molar-refractivity contribution >= 4 is 71.3 Å². The summed E-state index contributed by atoms with van der Waals surface area (Å²) in [6, 6.07) is 27.8. The molecule has 0 aliphatic heterocycles. The van der Waals surface area contributed by atoms with Crippen LogP contribution in [0.4, 0.5) is 0 Å². The third kappa shape index (κ3) is 19.8. The minimum Gasteiger partial charge on any atom is -0.476 e. The zero-order chi connectivity index (χ0) is 55.0. The lowest BCUT2D eigenvalue weighted by Gasteiger charge is -2.24. The van der Waals surface area contributed by atoms with E-state index < -0.39 is 53.5 Å². The molecule has 73 heavy (non-hydrogen) atoms. The van der Waals surface area contributed by atoms with Crippen LogP contribution in [-0.2, 0) is 51.0 Å². The number of halogens is 3. The normalized spacial score (nSPS) is 13.7. The third-order valence-electron chi connectivity index (χ3n) is 11.4. The van der Waals surface area contributed by atoms with Gasteiger partial charge >= 0.3 is 23.9 Å². The van der Waals surface area contributed by atoms with Crippen LogP contribution in [-0.4, -0.2) is 93.7 Å². The van der Waals surface area contributed by atoms with Crippen LogP contribution >= 0.6 is 35.6 Å². The SMILES string of the molecule is CC(C)(Oc1ccc(CCNC(=O)c2ccc(Cl)cc2)cc1)C(=O)OCOC(=O)C1(CN)CC1.CNCC1(C(=O)OCOC(=O)C(C)(C)Oc2ccc(CCNC(=O)c3ccc(Cl)cc3)cc2)CC1.Cl.[2H]CC.[3H]C. The number of esters is 4. The second kappa shape index (κ2) is 29.7. The van der Waals surface area contributed by atoms with Gasteiger partial charge in [-0.3, -0.25) is 19.2 Å². The average Bonchev–Trinajstić information content (AvgIpc) is 4.33. The van der Waals surface area contributed by atoms with Gasteiger partial charge in [-0.25, -0.2) is 9.59 Å². The third-order valence-corrected chi connectivity index (χ3v) is 11.9. The van der Waals surface area contributed by atoms with Gasteiger partial charge in [-0.2, -0.15) is 0 Å². The predicted octanol–water partition coefficient (Wildman–Crippen LogP) is 8.85. The number of carbonyl (C=O) groups is 6. The molecule has 0 radical (unpaired) electrons. The number of ether oxygens (including phenoxy) is 6. The molecule has 4 aromatic carbocycles. The fraction of sp³-hybridized carbons (Fsp3) is 0.444. The van der Waals surface area contributed by atoms with E-state index in [9.17, 15) is 28.8 Å². The van der Waals surface area contributed by atoms with E-state index in [4.69, 9.17) is 60.1 Å². The summed E-state index contributed by atoms with van der Waals surface area (Å²) in [6.07, 6.45) is 4.16. The summed E-state index contributed by atoms with van der Waals surface area (Å²) in [5.74, 6) is -1.47.